The summed E-state index contributed by atoms with van der Waals surface area (Å²) in [6, 6.07) is 2.98. The molecule has 0 aromatic heterocycles. The average molecular weight is 286 g/mol. The van der Waals surface area contributed by atoms with Gasteiger partial charge >= 0.3 is 0 Å². The Morgan fingerprint density at radius 2 is 1.90 bits per heavy atom. The van der Waals surface area contributed by atoms with E-state index in [-0.39, 0.29) is 5.82 Å². The predicted octanol–water partition coefficient (Wildman–Crippen LogP) is 3.64. The normalized spacial score (nSPS) is 10.0. The van der Waals surface area contributed by atoms with E-state index in [0.29, 0.717) is 9.37 Å². The molecule has 0 fully saturated rings. The van der Waals surface area contributed by atoms with E-state index < -0.39 is 0 Å². The topological polar surface area (TPSA) is 0 Å². The first-order valence-corrected chi connectivity index (χ1v) is 4.48. The van der Waals surface area contributed by atoms with Crippen LogP contribution in [0, 0.1) is 5.82 Å². The summed E-state index contributed by atoms with van der Waals surface area (Å²) in [6.45, 7) is 0. The largest absolute Gasteiger partial charge is 0.206 e. The summed E-state index contributed by atoms with van der Waals surface area (Å²) >= 11 is 10.3. The van der Waals surface area contributed by atoms with Crippen molar-refractivity contribution < 1.29 is 4.39 Å². The molecule has 0 heterocycles. The fraction of sp³-hybridized carbons (Fsp3) is 0. The Bertz CT molecular complexity index is 235. The van der Waals surface area contributed by atoms with Crippen molar-refractivity contribution >= 4 is 44.5 Å². The number of benzene rings is 1. The quantitative estimate of drug-likeness (QED) is 0.546. The highest BCUT2D eigenvalue weighted by atomic mass is 79.9. The minimum atomic E-state index is -0.298. The van der Waals surface area contributed by atoms with Gasteiger partial charge in [-0.25, -0.2) is 4.39 Å². The molecule has 0 aliphatic carbocycles. The molecule has 0 bridgehead atoms. The van der Waals surface area contributed by atoms with E-state index in [4.69, 9.17) is 0 Å². The van der Waals surface area contributed by atoms with Crippen molar-refractivity contribution in [2.75, 3.05) is 0 Å². The van der Waals surface area contributed by atoms with Gasteiger partial charge in [0.1, 0.15) is 5.82 Å². The lowest BCUT2D eigenvalue weighted by molar-refractivity contribution is 0.616. The van der Waals surface area contributed by atoms with Gasteiger partial charge in [-0.3, -0.25) is 0 Å². The van der Waals surface area contributed by atoms with Crippen LogP contribution in [0.25, 0.3) is 0 Å². The van der Waals surface area contributed by atoms with E-state index in [1.54, 1.807) is 6.07 Å². The van der Waals surface area contributed by atoms with Crippen molar-refractivity contribution in [3.8, 4) is 0 Å². The molecule has 0 amide bonds. The van der Waals surface area contributed by atoms with E-state index in [0.717, 1.165) is 4.47 Å². The average Bonchev–Trinajstić information content (AvgIpc) is 1.93. The molecule has 4 heteroatoms. The third-order valence-corrected chi connectivity index (χ3v) is 3.53. The highest BCUT2D eigenvalue weighted by molar-refractivity contribution is 9.11. The molecule has 0 atom stereocenters. The summed E-state index contributed by atoms with van der Waals surface area (Å²) in [5, 5.41) is 0. The Balaban J connectivity index is 3.34. The zero-order valence-corrected chi connectivity index (χ0v) is 8.80. The number of hydrogen-bond donors (Lipinski definition) is 1. The van der Waals surface area contributed by atoms with Gasteiger partial charge in [0.05, 0.1) is 4.47 Å². The van der Waals surface area contributed by atoms with Crippen LogP contribution >= 0.6 is 44.5 Å². The molecule has 0 N–H and O–H groups in total. The first kappa shape index (κ1) is 8.56. The molecule has 0 aliphatic rings. The lowest BCUT2D eigenvalue weighted by Crippen LogP contribution is -1.79. The minimum absolute atomic E-state index is 0.298. The number of hydrogen-bond acceptors (Lipinski definition) is 1. The van der Waals surface area contributed by atoms with Crippen LogP contribution in [0.4, 0.5) is 4.39 Å². The Morgan fingerprint density at radius 1 is 1.30 bits per heavy atom. The summed E-state index contributed by atoms with van der Waals surface area (Å²) in [5.74, 6) is -0.298. The van der Waals surface area contributed by atoms with Crippen LogP contribution in [0.1, 0.15) is 0 Å². The monoisotopic (exact) mass is 284 g/mol. The molecule has 1 aromatic carbocycles. The maximum Gasteiger partial charge on any atom is 0.138 e. The first-order valence-electron chi connectivity index (χ1n) is 2.45. The molecule has 0 spiro atoms. The molecule has 0 aliphatic heterocycles. The summed E-state index contributed by atoms with van der Waals surface area (Å²) in [6.07, 6.45) is 0. The molecule has 0 saturated carbocycles. The van der Waals surface area contributed by atoms with E-state index >= 15 is 0 Å². The second-order valence-corrected chi connectivity index (χ2v) is 3.79. The molecule has 0 radical (unpaired) electrons. The van der Waals surface area contributed by atoms with Gasteiger partial charge in [-0.2, -0.15) is 0 Å². The fourth-order valence-corrected chi connectivity index (χ4v) is 1.64. The Labute approximate surface area is 80.5 Å². The summed E-state index contributed by atoms with van der Waals surface area (Å²) in [5.41, 5.74) is 0. The molecule has 0 nitrogen and oxygen atoms in total. The third kappa shape index (κ3) is 1.54. The van der Waals surface area contributed by atoms with Crippen LogP contribution in [-0.4, -0.2) is 0 Å². The minimum Gasteiger partial charge on any atom is -0.206 e. The maximum atomic E-state index is 12.6. The molecule has 1 aromatic rings. The zero-order valence-electron chi connectivity index (χ0n) is 4.74. The zero-order chi connectivity index (χ0) is 7.72. The standard InChI is InChI=1S/C6H3Br2FS/c7-3-1-2-4(9)5(8)6(3)10/h1-2,10H. The molecule has 0 unspecified atom stereocenters. The van der Waals surface area contributed by atoms with E-state index in [1.165, 1.54) is 6.07 Å². The van der Waals surface area contributed by atoms with Gasteiger partial charge in [-0.15, -0.1) is 12.6 Å². The molecule has 1 rings (SSSR count). The van der Waals surface area contributed by atoms with Crippen molar-refractivity contribution in [2.24, 2.45) is 0 Å². The summed E-state index contributed by atoms with van der Waals surface area (Å²) in [7, 11) is 0. The molecular formula is C6H3Br2FS. The van der Waals surface area contributed by atoms with Crippen molar-refractivity contribution in [1.82, 2.24) is 0 Å². The lowest BCUT2D eigenvalue weighted by Gasteiger charge is -1.99. The molecule has 10 heavy (non-hydrogen) atoms. The van der Waals surface area contributed by atoms with E-state index in [2.05, 4.69) is 44.5 Å². The Morgan fingerprint density at radius 3 is 2.40 bits per heavy atom. The van der Waals surface area contributed by atoms with Crippen molar-refractivity contribution in [3.05, 3.63) is 26.9 Å². The van der Waals surface area contributed by atoms with Crippen LogP contribution < -0.4 is 0 Å². The summed E-state index contributed by atoms with van der Waals surface area (Å²) in [4.78, 5) is 0.583. The van der Waals surface area contributed by atoms with Crippen molar-refractivity contribution in [2.45, 2.75) is 4.90 Å². The van der Waals surface area contributed by atoms with E-state index in [9.17, 15) is 4.39 Å². The third-order valence-electron chi connectivity index (χ3n) is 1.02. The van der Waals surface area contributed by atoms with Crippen molar-refractivity contribution in [1.29, 1.82) is 0 Å². The molecular weight excluding hydrogens is 283 g/mol. The Kier molecular flexibility index (Phi) is 2.77. The van der Waals surface area contributed by atoms with Gasteiger partial charge in [-0.05, 0) is 44.0 Å². The first-order chi connectivity index (χ1) is 4.63. The highest BCUT2D eigenvalue weighted by Gasteiger charge is 2.04. The van der Waals surface area contributed by atoms with Gasteiger partial charge in [0.25, 0.3) is 0 Å². The lowest BCUT2D eigenvalue weighted by atomic mass is 10.3. The van der Waals surface area contributed by atoms with Crippen molar-refractivity contribution in [3.63, 3.8) is 0 Å². The molecule has 54 valence electrons. The second-order valence-electron chi connectivity index (χ2n) is 1.69. The maximum absolute atomic E-state index is 12.6. The van der Waals surface area contributed by atoms with Crippen LogP contribution in [0.15, 0.2) is 26.0 Å². The predicted molar refractivity (Wildman–Crippen MR) is 49.1 cm³/mol. The number of halogens is 3. The van der Waals surface area contributed by atoms with Gasteiger partial charge in [0.15, 0.2) is 0 Å². The SMILES string of the molecule is Fc1ccc(Br)c(S)c1Br. The van der Waals surface area contributed by atoms with Crippen LogP contribution in [0.5, 0.6) is 0 Å². The summed E-state index contributed by atoms with van der Waals surface area (Å²) < 4.78 is 13.8. The molecule has 0 saturated heterocycles. The van der Waals surface area contributed by atoms with E-state index in [1.807, 2.05) is 0 Å². The second kappa shape index (κ2) is 3.24. The fourth-order valence-electron chi connectivity index (χ4n) is 0.516. The number of rotatable bonds is 0. The van der Waals surface area contributed by atoms with Gasteiger partial charge in [-0.1, -0.05) is 0 Å². The van der Waals surface area contributed by atoms with Gasteiger partial charge in [0, 0.05) is 9.37 Å². The number of thiol groups is 1. The van der Waals surface area contributed by atoms with Crippen LogP contribution in [0.3, 0.4) is 0 Å². The smallest absolute Gasteiger partial charge is 0.138 e. The highest BCUT2D eigenvalue weighted by Crippen LogP contribution is 2.30. The van der Waals surface area contributed by atoms with Gasteiger partial charge < -0.3 is 0 Å². The van der Waals surface area contributed by atoms with Crippen LogP contribution in [0.2, 0.25) is 0 Å². The Hall–Kier alpha value is 0.460. The van der Waals surface area contributed by atoms with Crippen LogP contribution in [-0.2, 0) is 0 Å². The van der Waals surface area contributed by atoms with Gasteiger partial charge in [0.2, 0.25) is 0 Å².